The lowest BCUT2D eigenvalue weighted by atomic mass is 9.91. The Bertz CT molecular complexity index is 986. The summed E-state index contributed by atoms with van der Waals surface area (Å²) in [5, 5.41) is 0. The lowest BCUT2D eigenvalue weighted by Crippen LogP contribution is -2.32. The number of hydrogen-bond acceptors (Lipinski definition) is 6. The van der Waals surface area contributed by atoms with Crippen molar-refractivity contribution in [1.82, 2.24) is 0 Å². The van der Waals surface area contributed by atoms with Crippen LogP contribution in [0.25, 0.3) is 0 Å². The van der Waals surface area contributed by atoms with Crippen molar-refractivity contribution < 1.29 is 23.7 Å². The summed E-state index contributed by atoms with van der Waals surface area (Å²) in [6.45, 7) is 2.68. The van der Waals surface area contributed by atoms with Gasteiger partial charge in [0, 0.05) is 19.8 Å². The fourth-order valence-electron chi connectivity index (χ4n) is 4.73. The zero-order valence-corrected chi connectivity index (χ0v) is 19.5. The van der Waals surface area contributed by atoms with Crippen molar-refractivity contribution in [2.24, 2.45) is 0 Å². The van der Waals surface area contributed by atoms with Gasteiger partial charge in [0.05, 0.1) is 6.10 Å². The third kappa shape index (κ3) is 4.91. The van der Waals surface area contributed by atoms with Gasteiger partial charge in [-0.3, -0.25) is 4.79 Å². The summed E-state index contributed by atoms with van der Waals surface area (Å²) < 4.78 is 23.4. The molecule has 32 heavy (non-hydrogen) atoms. The number of thioether (sulfide) groups is 1. The molecule has 1 unspecified atom stereocenters. The molecule has 1 saturated carbocycles. The number of esters is 1. The summed E-state index contributed by atoms with van der Waals surface area (Å²) in [5.74, 6) is 2.10. The van der Waals surface area contributed by atoms with Crippen molar-refractivity contribution in [2.45, 2.75) is 62.6 Å². The molecule has 2 aliphatic heterocycles. The van der Waals surface area contributed by atoms with E-state index in [0.29, 0.717) is 25.6 Å². The van der Waals surface area contributed by atoms with E-state index >= 15 is 0 Å². The van der Waals surface area contributed by atoms with E-state index in [9.17, 15) is 4.79 Å². The lowest BCUT2D eigenvalue weighted by Gasteiger charge is -2.34. The zero-order valence-electron chi connectivity index (χ0n) is 18.7. The molecule has 0 aromatic heterocycles. The first kappa shape index (κ1) is 21.7. The number of hydrogen-bond donors (Lipinski definition) is 0. The first-order valence-electron chi connectivity index (χ1n) is 11.5. The molecule has 5 rings (SSSR count). The molecular formula is C26H30O5S. The van der Waals surface area contributed by atoms with Gasteiger partial charge in [-0.05, 0) is 65.8 Å². The molecule has 6 heteroatoms. The van der Waals surface area contributed by atoms with Gasteiger partial charge in [0.2, 0.25) is 0 Å². The van der Waals surface area contributed by atoms with Crippen molar-refractivity contribution in [1.29, 1.82) is 0 Å². The number of carbonyl (C=O) groups is 1. The molecule has 0 radical (unpaired) electrons. The number of carbonyl (C=O) groups excluding carboxylic acids is 1. The molecule has 2 aromatic carbocycles. The Kier molecular flexibility index (Phi) is 6.33. The summed E-state index contributed by atoms with van der Waals surface area (Å²) in [5.41, 5.74) is 5.20. The van der Waals surface area contributed by atoms with E-state index in [1.807, 2.05) is 12.3 Å². The predicted octanol–water partition coefficient (Wildman–Crippen LogP) is 5.40. The molecule has 0 amide bonds. The Balaban J connectivity index is 1.41. The maximum absolute atomic E-state index is 11.5. The third-order valence-corrected chi connectivity index (χ3v) is 7.23. The predicted molar refractivity (Wildman–Crippen MR) is 125 cm³/mol. The van der Waals surface area contributed by atoms with E-state index in [4.69, 9.17) is 18.9 Å². The summed E-state index contributed by atoms with van der Waals surface area (Å²) in [6, 6.07) is 13.1. The minimum absolute atomic E-state index is 0.0300. The molecule has 1 aliphatic carbocycles. The van der Waals surface area contributed by atoms with Gasteiger partial charge in [0.15, 0.2) is 11.5 Å². The van der Waals surface area contributed by atoms with Gasteiger partial charge in [-0.15, -0.1) is 11.8 Å². The highest BCUT2D eigenvalue weighted by molar-refractivity contribution is 7.99. The van der Waals surface area contributed by atoms with Crippen LogP contribution in [0.1, 0.15) is 66.9 Å². The fraction of sp³-hybridized carbons (Fsp3) is 0.500. The molecule has 3 atom stereocenters. The first-order chi connectivity index (χ1) is 15.6. The molecule has 2 fully saturated rings. The second-order valence-electron chi connectivity index (χ2n) is 8.88. The van der Waals surface area contributed by atoms with Gasteiger partial charge in [0.25, 0.3) is 0 Å². The Morgan fingerprint density at radius 2 is 1.88 bits per heavy atom. The number of ether oxygens (including phenoxy) is 4. The zero-order chi connectivity index (χ0) is 22.1. The van der Waals surface area contributed by atoms with Crippen LogP contribution < -0.4 is 9.47 Å². The Labute approximate surface area is 193 Å². The van der Waals surface area contributed by atoms with Crippen LogP contribution in [0.4, 0.5) is 0 Å². The molecule has 3 aliphatic rings. The molecule has 170 valence electrons. The normalized spacial score (nSPS) is 24.8. The number of fused-ring (bicyclic) bond motifs is 1. The van der Waals surface area contributed by atoms with Gasteiger partial charge < -0.3 is 18.9 Å². The quantitative estimate of drug-likeness (QED) is 0.545. The maximum Gasteiger partial charge on any atom is 0.302 e. The maximum atomic E-state index is 11.5. The molecular weight excluding hydrogens is 424 g/mol. The van der Waals surface area contributed by atoms with E-state index in [-0.39, 0.29) is 23.6 Å². The smallest absolute Gasteiger partial charge is 0.302 e. The average Bonchev–Trinajstić information content (AvgIpc) is 3.63. The molecule has 0 N–H and O–H groups in total. The van der Waals surface area contributed by atoms with Crippen LogP contribution in [0.5, 0.6) is 11.5 Å². The highest BCUT2D eigenvalue weighted by Crippen LogP contribution is 2.44. The first-order valence-corrected chi connectivity index (χ1v) is 12.7. The third-order valence-electron chi connectivity index (χ3n) is 6.40. The SMILES string of the molecule is CSC1C[C@H](OC(C)=O)C[C@H](c2ccc(C3CC3)c(Cc3ccc4c(c3)OCCO4)c2)O1. The topological polar surface area (TPSA) is 54.0 Å². The van der Waals surface area contributed by atoms with Crippen molar-refractivity contribution in [3.05, 3.63) is 58.7 Å². The fourth-order valence-corrected chi connectivity index (χ4v) is 5.38. The van der Waals surface area contributed by atoms with Crippen molar-refractivity contribution in [3.63, 3.8) is 0 Å². The second-order valence-corrected chi connectivity index (χ2v) is 9.88. The van der Waals surface area contributed by atoms with Gasteiger partial charge in [-0.25, -0.2) is 0 Å². The van der Waals surface area contributed by atoms with E-state index in [0.717, 1.165) is 29.9 Å². The van der Waals surface area contributed by atoms with E-state index in [1.54, 1.807) is 11.8 Å². The molecule has 0 bridgehead atoms. The van der Waals surface area contributed by atoms with E-state index < -0.39 is 0 Å². The highest BCUT2D eigenvalue weighted by atomic mass is 32.2. The standard InChI is InChI=1S/C26H30O5S/c1-16(27)30-21-14-24(31-26(15-21)32-2)19-6-7-22(18-4-5-18)20(13-19)11-17-3-8-23-25(12-17)29-10-9-28-23/h3,6-8,12-13,18,21,24,26H,4-5,9-11,14-15H2,1-2H3/t21-,24-,26?/m1/s1. The second kappa shape index (κ2) is 9.36. The average molecular weight is 455 g/mol. The lowest BCUT2D eigenvalue weighted by molar-refractivity contribution is -0.155. The van der Waals surface area contributed by atoms with E-state index in [2.05, 4.69) is 30.3 Å². The highest BCUT2D eigenvalue weighted by Gasteiger charge is 2.33. The number of rotatable bonds is 6. The van der Waals surface area contributed by atoms with Crippen LogP contribution in [0.15, 0.2) is 36.4 Å². The molecule has 5 nitrogen and oxygen atoms in total. The minimum atomic E-state index is -0.223. The molecule has 0 spiro atoms. The molecule has 2 aromatic rings. The summed E-state index contributed by atoms with van der Waals surface area (Å²) in [7, 11) is 0. The van der Waals surface area contributed by atoms with Crippen LogP contribution in [-0.4, -0.2) is 37.0 Å². The van der Waals surface area contributed by atoms with E-state index in [1.165, 1.54) is 36.5 Å². The van der Waals surface area contributed by atoms with Gasteiger partial charge in [-0.1, -0.05) is 24.3 Å². The summed E-state index contributed by atoms with van der Waals surface area (Å²) in [6.07, 6.45) is 6.67. The Morgan fingerprint density at radius 1 is 1.06 bits per heavy atom. The summed E-state index contributed by atoms with van der Waals surface area (Å²) >= 11 is 1.67. The Hall–Kier alpha value is -2.18. The minimum Gasteiger partial charge on any atom is -0.486 e. The van der Waals surface area contributed by atoms with Crippen molar-refractivity contribution in [2.75, 3.05) is 19.5 Å². The Morgan fingerprint density at radius 3 is 2.62 bits per heavy atom. The monoisotopic (exact) mass is 454 g/mol. The molecule has 2 heterocycles. The van der Waals surface area contributed by atoms with Gasteiger partial charge in [-0.2, -0.15) is 0 Å². The van der Waals surface area contributed by atoms with Crippen LogP contribution in [0.2, 0.25) is 0 Å². The number of benzene rings is 2. The molecule has 1 saturated heterocycles. The summed E-state index contributed by atoms with van der Waals surface area (Å²) in [4.78, 5) is 11.5. The van der Waals surface area contributed by atoms with Gasteiger partial charge in [0.1, 0.15) is 24.8 Å². The van der Waals surface area contributed by atoms with Crippen molar-refractivity contribution >= 4 is 17.7 Å². The van der Waals surface area contributed by atoms with Crippen LogP contribution in [0.3, 0.4) is 0 Å². The van der Waals surface area contributed by atoms with Crippen LogP contribution in [0, 0.1) is 0 Å². The largest absolute Gasteiger partial charge is 0.486 e. The van der Waals surface area contributed by atoms with Gasteiger partial charge >= 0.3 is 5.97 Å². The van der Waals surface area contributed by atoms with Crippen LogP contribution >= 0.6 is 11.8 Å². The van der Waals surface area contributed by atoms with Crippen molar-refractivity contribution in [3.8, 4) is 11.5 Å². The van der Waals surface area contributed by atoms with Crippen LogP contribution in [-0.2, 0) is 20.7 Å².